The Labute approximate surface area is 169 Å². The molecule has 3 nitrogen and oxygen atoms in total. The maximum atomic E-state index is 11.9. The van der Waals surface area contributed by atoms with Crippen LogP contribution in [0.3, 0.4) is 0 Å². The highest BCUT2D eigenvalue weighted by atomic mass is 16.5. The highest BCUT2D eigenvalue weighted by molar-refractivity contribution is 5.56. The average molecular weight is 380 g/mol. The average Bonchev–Trinajstić information content (AvgIpc) is 2.71. The monoisotopic (exact) mass is 379 g/mol. The maximum Gasteiger partial charge on any atom is 0.118 e. The maximum absolute atomic E-state index is 11.9. The van der Waals surface area contributed by atoms with E-state index in [0.29, 0.717) is 0 Å². The van der Waals surface area contributed by atoms with E-state index in [-0.39, 0.29) is 5.92 Å². The normalized spacial score (nSPS) is 23.9. The number of methoxy groups -OCH3 is 1. The van der Waals surface area contributed by atoms with Gasteiger partial charge in [-0.1, -0.05) is 48.5 Å². The van der Waals surface area contributed by atoms with Crippen LogP contribution in [-0.2, 0) is 6.42 Å². The second-order valence-corrected chi connectivity index (χ2v) is 8.20. The molecule has 150 valence electrons. The van der Waals surface area contributed by atoms with Crippen LogP contribution >= 0.6 is 0 Å². The molecule has 0 aliphatic heterocycles. The third kappa shape index (κ3) is 5.03. The van der Waals surface area contributed by atoms with Crippen molar-refractivity contribution in [3.8, 4) is 5.75 Å². The minimum absolute atomic E-state index is 0.254. The number of aryl methyl sites for hydroxylation is 1. The SMILES string of the molecule is COc1ccc(C=C2CCCC(CN(C)C)C2(O)CCc2ccccc2)cc1. The summed E-state index contributed by atoms with van der Waals surface area (Å²) in [7, 11) is 5.88. The lowest BCUT2D eigenvalue weighted by atomic mass is 9.68. The summed E-state index contributed by atoms with van der Waals surface area (Å²) >= 11 is 0. The molecule has 3 heteroatoms. The highest BCUT2D eigenvalue weighted by Gasteiger charge is 2.42. The first kappa shape index (κ1) is 20.6. The minimum Gasteiger partial charge on any atom is -0.497 e. The third-order valence-corrected chi connectivity index (χ3v) is 5.91. The van der Waals surface area contributed by atoms with Crippen LogP contribution < -0.4 is 4.74 Å². The molecular weight excluding hydrogens is 346 g/mol. The van der Waals surface area contributed by atoms with E-state index in [4.69, 9.17) is 4.74 Å². The van der Waals surface area contributed by atoms with Crippen molar-refractivity contribution in [2.24, 2.45) is 5.92 Å². The quantitative estimate of drug-likeness (QED) is 0.750. The summed E-state index contributed by atoms with van der Waals surface area (Å²) in [4.78, 5) is 2.20. The van der Waals surface area contributed by atoms with Gasteiger partial charge < -0.3 is 14.7 Å². The molecule has 1 N–H and O–H groups in total. The van der Waals surface area contributed by atoms with Crippen LogP contribution in [0.5, 0.6) is 5.75 Å². The van der Waals surface area contributed by atoms with Crippen molar-refractivity contribution in [2.45, 2.75) is 37.7 Å². The molecular formula is C25H33NO2. The molecule has 1 saturated carbocycles. The van der Waals surface area contributed by atoms with E-state index in [9.17, 15) is 5.11 Å². The van der Waals surface area contributed by atoms with Gasteiger partial charge in [-0.2, -0.15) is 0 Å². The molecule has 0 saturated heterocycles. The van der Waals surface area contributed by atoms with Gasteiger partial charge in [-0.15, -0.1) is 0 Å². The van der Waals surface area contributed by atoms with Crippen molar-refractivity contribution >= 4 is 6.08 Å². The zero-order valence-electron chi connectivity index (χ0n) is 17.4. The number of aliphatic hydroxyl groups is 1. The third-order valence-electron chi connectivity index (χ3n) is 5.91. The second-order valence-electron chi connectivity index (χ2n) is 8.20. The first-order valence-corrected chi connectivity index (χ1v) is 10.3. The van der Waals surface area contributed by atoms with E-state index in [1.165, 1.54) is 11.1 Å². The Kier molecular flexibility index (Phi) is 6.93. The van der Waals surface area contributed by atoms with E-state index in [0.717, 1.165) is 50.0 Å². The summed E-state index contributed by atoms with van der Waals surface area (Å²) in [6, 6.07) is 18.6. The lowest BCUT2D eigenvalue weighted by Gasteiger charge is -2.43. The molecule has 1 fully saturated rings. The van der Waals surface area contributed by atoms with Gasteiger partial charge in [0.2, 0.25) is 0 Å². The predicted molar refractivity (Wildman–Crippen MR) is 117 cm³/mol. The Morgan fingerprint density at radius 3 is 2.46 bits per heavy atom. The molecule has 2 atom stereocenters. The first-order valence-electron chi connectivity index (χ1n) is 10.3. The standard InChI is InChI=1S/C25H33NO2/c1-26(2)19-23-11-7-10-22(18-21-12-14-24(28-3)15-13-21)25(23,27)17-16-20-8-5-4-6-9-20/h4-6,8-9,12-15,18,23,27H,7,10-11,16-17,19H2,1-3H3. The summed E-state index contributed by atoms with van der Waals surface area (Å²) in [6.07, 6.45) is 7.02. The number of nitrogens with zero attached hydrogens (tertiary/aromatic N) is 1. The largest absolute Gasteiger partial charge is 0.497 e. The van der Waals surface area contributed by atoms with Crippen molar-refractivity contribution in [1.29, 1.82) is 0 Å². The van der Waals surface area contributed by atoms with Gasteiger partial charge in [0.05, 0.1) is 12.7 Å². The van der Waals surface area contributed by atoms with Crippen molar-refractivity contribution in [3.63, 3.8) is 0 Å². The summed E-state index contributed by atoms with van der Waals surface area (Å²) < 4.78 is 5.27. The summed E-state index contributed by atoms with van der Waals surface area (Å²) in [6.45, 7) is 0.908. The van der Waals surface area contributed by atoms with Crippen LogP contribution in [0.1, 0.15) is 36.8 Å². The molecule has 2 unspecified atom stereocenters. The summed E-state index contributed by atoms with van der Waals surface area (Å²) in [5.41, 5.74) is 2.82. The van der Waals surface area contributed by atoms with Gasteiger partial charge in [-0.3, -0.25) is 0 Å². The van der Waals surface area contributed by atoms with Crippen molar-refractivity contribution in [1.82, 2.24) is 4.90 Å². The van der Waals surface area contributed by atoms with Crippen LogP contribution in [0.15, 0.2) is 60.2 Å². The van der Waals surface area contributed by atoms with Crippen LogP contribution in [0, 0.1) is 5.92 Å². The number of benzene rings is 2. The molecule has 0 aromatic heterocycles. The Hall–Kier alpha value is -2.10. The Morgan fingerprint density at radius 1 is 1.11 bits per heavy atom. The molecule has 0 bridgehead atoms. The fourth-order valence-corrected chi connectivity index (χ4v) is 4.38. The van der Waals surface area contributed by atoms with Gasteiger partial charge in [0.15, 0.2) is 0 Å². The zero-order chi connectivity index (χ0) is 20.0. The van der Waals surface area contributed by atoms with Crippen molar-refractivity contribution < 1.29 is 9.84 Å². The van der Waals surface area contributed by atoms with Gasteiger partial charge >= 0.3 is 0 Å². The number of hydrogen-bond acceptors (Lipinski definition) is 3. The fraction of sp³-hybridized carbons (Fsp3) is 0.440. The van der Waals surface area contributed by atoms with Gasteiger partial charge in [-0.05, 0) is 75.0 Å². The molecule has 0 radical (unpaired) electrons. The van der Waals surface area contributed by atoms with E-state index in [1.807, 2.05) is 18.2 Å². The molecule has 2 aromatic carbocycles. The lowest BCUT2D eigenvalue weighted by molar-refractivity contribution is -0.0192. The Balaban J connectivity index is 1.88. The molecule has 3 rings (SSSR count). The van der Waals surface area contributed by atoms with E-state index >= 15 is 0 Å². The molecule has 0 heterocycles. The Bertz CT molecular complexity index is 767. The number of ether oxygens (including phenoxy) is 1. The van der Waals surface area contributed by atoms with Crippen LogP contribution in [0.2, 0.25) is 0 Å². The van der Waals surface area contributed by atoms with Gasteiger partial charge in [-0.25, -0.2) is 0 Å². The number of hydrogen-bond donors (Lipinski definition) is 1. The predicted octanol–water partition coefficient (Wildman–Crippen LogP) is 4.80. The van der Waals surface area contributed by atoms with E-state index < -0.39 is 5.60 Å². The summed E-state index contributed by atoms with van der Waals surface area (Å²) in [5.74, 6) is 1.11. The first-order chi connectivity index (χ1) is 13.5. The van der Waals surface area contributed by atoms with E-state index in [1.54, 1.807) is 7.11 Å². The second kappa shape index (κ2) is 9.40. The van der Waals surface area contributed by atoms with Crippen molar-refractivity contribution in [2.75, 3.05) is 27.7 Å². The lowest BCUT2D eigenvalue weighted by Crippen LogP contribution is -2.47. The van der Waals surface area contributed by atoms with Crippen LogP contribution in [0.25, 0.3) is 6.08 Å². The molecule has 1 aliphatic rings. The molecule has 28 heavy (non-hydrogen) atoms. The smallest absolute Gasteiger partial charge is 0.118 e. The van der Waals surface area contributed by atoms with Gasteiger partial charge in [0.25, 0.3) is 0 Å². The molecule has 2 aromatic rings. The van der Waals surface area contributed by atoms with Crippen LogP contribution in [-0.4, -0.2) is 43.4 Å². The zero-order valence-corrected chi connectivity index (χ0v) is 17.4. The van der Waals surface area contributed by atoms with E-state index in [2.05, 4.69) is 61.5 Å². The topological polar surface area (TPSA) is 32.7 Å². The fourth-order valence-electron chi connectivity index (χ4n) is 4.38. The number of rotatable bonds is 7. The molecule has 1 aliphatic carbocycles. The van der Waals surface area contributed by atoms with Crippen molar-refractivity contribution in [3.05, 3.63) is 71.3 Å². The Morgan fingerprint density at radius 2 is 1.82 bits per heavy atom. The molecule has 0 spiro atoms. The minimum atomic E-state index is -0.766. The van der Waals surface area contributed by atoms with Crippen LogP contribution in [0.4, 0.5) is 0 Å². The molecule has 0 amide bonds. The van der Waals surface area contributed by atoms with Gasteiger partial charge in [0.1, 0.15) is 5.75 Å². The summed E-state index contributed by atoms with van der Waals surface area (Å²) in [5, 5.41) is 11.9. The van der Waals surface area contributed by atoms with Gasteiger partial charge in [0, 0.05) is 12.5 Å². The highest BCUT2D eigenvalue weighted by Crippen LogP contribution is 2.42.